The molecule has 0 saturated heterocycles. The minimum Gasteiger partial charge on any atom is -0.310 e. The second kappa shape index (κ2) is 17.4. The van der Waals surface area contributed by atoms with E-state index in [2.05, 4.69) is 313 Å². The van der Waals surface area contributed by atoms with Gasteiger partial charge in [-0.2, -0.15) is 0 Å². The molecule has 0 amide bonds. The van der Waals surface area contributed by atoms with Crippen LogP contribution in [0.4, 0.5) is 17.1 Å². The molecule has 0 unspecified atom stereocenters. The molecular formula is C74H50N2. The molecule has 0 fully saturated rings. The first-order valence-electron chi connectivity index (χ1n) is 26.4. The van der Waals surface area contributed by atoms with Gasteiger partial charge >= 0.3 is 0 Å². The van der Waals surface area contributed by atoms with Gasteiger partial charge in [0, 0.05) is 33.5 Å². The Labute approximate surface area is 443 Å². The molecule has 2 nitrogen and oxygen atoms in total. The fourth-order valence-corrected chi connectivity index (χ4v) is 13.4. The zero-order valence-electron chi connectivity index (χ0n) is 41.8. The normalized spacial score (nSPS) is 13.5. The Balaban J connectivity index is 0.930. The lowest BCUT2D eigenvalue weighted by atomic mass is 9.67. The average Bonchev–Trinajstić information content (AvgIpc) is 4.29. The number of anilines is 3. The molecule has 0 bridgehead atoms. The second-order valence-corrected chi connectivity index (χ2v) is 20.3. The number of hydrogen-bond donors (Lipinski definition) is 0. The van der Waals surface area contributed by atoms with Gasteiger partial charge in [-0.25, -0.2) is 0 Å². The van der Waals surface area contributed by atoms with Crippen molar-refractivity contribution >= 4 is 38.9 Å². The number of rotatable bonds is 9. The van der Waals surface area contributed by atoms with Gasteiger partial charge in [0.2, 0.25) is 0 Å². The molecule has 0 saturated carbocycles. The highest BCUT2D eigenvalue weighted by Gasteiger charge is 2.48. The Morgan fingerprint density at radius 2 is 0.632 bits per heavy atom. The Morgan fingerprint density at radius 1 is 0.250 bits per heavy atom. The van der Waals surface area contributed by atoms with Gasteiger partial charge < -0.3 is 9.47 Å². The van der Waals surface area contributed by atoms with Crippen molar-refractivity contribution in [2.45, 2.75) is 10.8 Å². The van der Waals surface area contributed by atoms with Crippen molar-refractivity contribution in [3.8, 4) is 39.1 Å². The summed E-state index contributed by atoms with van der Waals surface area (Å²) in [5, 5.41) is 2.48. The van der Waals surface area contributed by atoms with E-state index < -0.39 is 10.8 Å². The number of para-hydroxylation sites is 2. The first kappa shape index (κ1) is 43.8. The average molecular weight is 967 g/mol. The monoisotopic (exact) mass is 966 g/mol. The smallest absolute Gasteiger partial charge is 0.0713 e. The Hall–Kier alpha value is -9.76. The second-order valence-electron chi connectivity index (χ2n) is 20.3. The van der Waals surface area contributed by atoms with Gasteiger partial charge in [-0.1, -0.05) is 237 Å². The van der Waals surface area contributed by atoms with E-state index in [9.17, 15) is 0 Å². The SMILES string of the molecule is c1ccc(-n2c3ccccc3c3cc(-c4ccc(N(c5ccc6c(c5)-c5ccccc5C6(c5ccccc5)c5ccccc5)c5ccc6c(c5)-c5ccccc5C6(c5ccccc5)c5ccccc5)cc4)ccc32)cc1. The van der Waals surface area contributed by atoms with Crippen LogP contribution >= 0.6 is 0 Å². The van der Waals surface area contributed by atoms with Gasteiger partial charge in [-0.15, -0.1) is 0 Å². The molecule has 15 rings (SSSR count). The Morgan fingerprint density at radius 3 is 1.13 bits per heavy atom. The number of benzene rings is 12. The van der Waals surface area contributed by atoms with Crippen molar-refractivity contribution in [2.75, 3.05) is 4.90 Å². The molecule has 2 heteroatoms. The molecule has 1 aromatic heterocycles. The van der Waals surface area contributed by atoms with E-state index in [0.29, 0.717) is 0 Å². The lowest BCUT2D eigenvalue weighted by Crippen LogP contribution is -2.28. The zero-order chi connectivity index (χ0) is 50.2. The third-order valence-corrected chi connectivity index (χ3v) is 16.5. The maximum atomic E-state index is 2.47. The molecule has 0 spiro atoms. The number of hydrogen-bond acceptors (Lipinski definition) is 1. The molecule has 2 aliphatic rings. The summed E-state index contributed by atoms with van der Waals surface area (Å²) in [5.41, 5.74) is 23.4. The summed E-state index contributed by atoms with van der Waals surface area (Å²) in [6.07, 6.45) is 0. The highest BCUT2D eigenvalue weighted by molar-refractivity contribution is 6.10. The summed E-state index contributed by atoms with van der Waals surface area (Å²) in [5.74, 6) is 0. The largest absolute Gasteiger partial charge is 0.310 e. The number of nitrogens with zero attached hydrogens (tertiary/aromatic N) is 2. The lowest BCUT2D eigenvalue weighted by molar-refractivity contribution is 0.768. The standard InChI is InChI=1S/C74H50N2/c1-6-22-53(23-7-1)73(54-24-8-2-9-25-54)67-35-19-16-32-61(67)64-49-59(43-45-69(64)73)75(58-41-38-51(39-42-58)52-40-47-72-66(48-52)63-34-18-21-37-71(63)76(72)57-30-14-5-15-31-57)60-44-46-70-65(50-60)62-33-17-20-36-68(62)74(70,55-26-10-3-11-27-55)56-28-12-4-13-29-56/h1-50H. The highest BCUT2D eigenvalue weighted by Crippen LogP contribution is 2.59. The van der Waals surface area contributed by atoms with Crippen LogP contribution in [0.1, 0.15) is 44.5 Å². The summed E-state index contributed by atoms with van der Waals surface area (Å²) in [7, 11) is 0. The summed E-state index contributed by atoms with van der Waals surface area (Å²) in [4.78, 5) is 2.47. The first-order valence-corrected chi connectivity index (χ1v) is 26.4. The molecule has 0 atom stereocenters. The Bertz CT molecular complexity index is 4050. The molecule has 13 aromatic rings. The van der Waals surface area contributed by atoms with Crippen LogP contribution in [0.25, 0.3) is 60.9 Å². The topological polar surface area (TPSA) is 8.17 Å². The Kier molecular flexibility index (Phi) is 10.0. The van der Waals surface area contributed by atoms with E-state index in [4.69, 9.17) is 0 Å². The van der Waals surface area contributed by atoms with Crippen LogP contribution in [0.15, 0.2) is 303 Å². The van der Waals surface area contributed by atoms with Crippen LogP contribution < -0.4 is 4.90 Å². The lowest BCUT2D eigenvalue weighted by Gasteiger charge is -2.34. The fraction of sp³-hybridized carbons (Fsp3) is 0.0270. The van der Waals surface area contributed by atoms with Gasteiger partial charge in [0.15, 0.2) is 0 Å². The maximum absolute atomic E-state index is 2.47. The van der Waals surface area contributed by atoms with Gasteiger partial charge in [-0.3, -0.25) is 0 Å². The minimum absolute atomic E-state index is 0.497. The quantitative estimate of drug-likeness (QED) is 0.140. The van der Waals surface area contributed by atoms with Crippen LogP contribution in [0.3, 0.4) is 0 Å². The van der Waals surface area contributed by atoms with E-state index in [1.807, 2.05) is 0 Å². The fourth-order valence-electron chi connectivity index (χ4n) is 13.4. The van der Waals surface area contributed by atoms with Gasteiger partial charge in [0.05, 0.1) is 21.9 Å². The predicted molar refractivity (Wildman–Crippen MR) is 316 cm³/mol. The number of fused-ring (bicyclic) bond motifs is 9. The van der Waals surface area contributed by atoms with Crippen molar-refractivity contribution in [3.63, 3.8) is 0 Å². The van der Waals surface area contributed by atoms with Crippen LogP contribution in [0, 0.1) is 0 Å². The van der Waals surface area contributed by atoms with Crippen molar-refractivity contribution in [1.29, 1.82) is 0 Å². The summed E-state index contributed by atoms with van der Waals surface area (Å²) < 4.78 is 2.38. The van der Waals surface area contributed by atoms with Crippen LogP contribution in [0.5, 0.6) is 0 Å². The van der Waals surface area contributed by atoms with E-state index in [0.717, 1.165) is 22.7 Å². The predicted octanol–water partition coefficient (Wildman–Crippen LogP) is 18.6. The number of aromatic nitrogens is 1. The molecule has 0 radical (unpaired) electrons. The highest BCUT2D eigenvalue weighted by atomic mass is 15.1. The summed E-state index contributed by atoms with van der Waals surface area (Å²) in [6.45, 7) is 0. The third-order valence-electron chi connectivity index (χ3n) is 16.5. The van der Waals surface area contributed by atoms with Crippen molar-refractivity contribution < 1.29 is 0 Å². The van der Waals surface area contributed by atoms with Gasteiger partial charge in [-0.05, 0) is 145 Å². The van der Waals surface area contributed by atoms with Crippen molar-refractivity contribution in [3.05, 3.63) is 348 Å². The molecule has 76 heavy (non-hydrogen) atoms. The third kappa shape index (κ3) is 6.41. The van der Waals surface area contributed by atoms with E-state index in [-0.39, 0.29) is 0 Å². The van der Waals surface area contributed by atoms with Crippen molar-refractivity contribution in [2.24, 2.45) is 0 Å². The molecular weight excluding hydrogens is 917 g/mol. The zero-order valence-corrected chi connectivity index (χ0v) is 41.8. The van der Waals surface area contributed by atoms with Gasteiger partial charge in [0.1, 0.15) is 0 Å². The molecule has 0 N–H and O–H groups in total. The maximum Gasteiger partial charge on any atom is 0.0713 e. The van der Waals surface area contributed by atoms with Crippen LogP contribution in [0.2, 0.25) is 0 Å². The summed E-state index contributed by atoms with van der Waals surface area (Å²) >= 11 is 0. The first-order chi connectivity index (χ1) is 37.7. The van der Waals surface area contributed by atoms with E-state index >= 15 is 0 Å². The van der Waals surface area contributed by atoms with E-state index in [1.165, 1.54) is 99.7 Å². The van der Waals surface area contributed by atoms with Gasteiger partial charge in [0.25, 0.3) is 0 Å². The molecule has 1 heterocycles. The van der Waals surface area contributed by atoms with Crippen LogP contribution in [-0.2, 0) is 10.8 Å². The minimum atomic E-state index is -0.497. The van der Waals surface area contributed by atoms with Crippen molar-refractivity contribution in [1.82, 2.24) is 4.57 Å². The molecule has 2 aliphatic carbocycles. The summed E-state index contributed by atoms with van der Waals surface area (Å²) in [6, 6.07) is 112. The molecule has 356 valence electrons. The van der Waals surface area contributed by atoms with Crippen LogP contribution in [-0.4, -0.2) is 4.57 Å². The molecule has 0 aliphatic heterocycles. The molecule has 12 aromatic carbocycles. The van der Waals surface area contributed by atoms with E-state index in [1.54, 1.807) is 0 Å².